The molecule has 0 amide bonds. The van der Waals surface area contributed by atoms with E-state index in [9.17, 15) is 5.11 Å². The van der Waals surface area contributed by atoms with Gasteiger partial charge in [0, 0.05) is 18.7 Å². The summed E-state index contributed by atoms with van der Waals surface area (Å²) in [7, 11) is 0. The molecule has 5 nitrogen and oxygen atoms in total. The van der Waals surface area contributed by atoms with E-state index in [0.717, 1.165) is 30.2 Å². The predicted octanol–water partition coefficient (Wildman–Crippen LogP) is 1.99. The van der Waals surface area contributed by atoms with Gasteiger partial charge in [-0.3, -0.25) is 4.90 Å². The van der Waals surface area contributed by atoms with Crippen molar-refractivity contribution in [3.05, 3.63) is 23.8 Å². The summed E-state index contributed by atoms with van der Waals surface area (Å²) in [6.45, 7) is 9.66. The van der Waals surface area contributed by atoms with Gasteiger partial charge in [-0.05, 0) is 39.0 Å². The van der Waals surface area contributed by atoms with Gasteiger partial charge in [0.05, 0.1) is 25.9 Å². The van der Waals surface area contributed by atoms with Crippen LogP contribution >= 0.6 is 0 Å². The minimum absolute atomic E-state index is 0.0965. The number of benzene rings is 1. The third-order valence-corrected chi connectivity index (χ3v) is 4.43. The lowest BCUT2D eigenvalue weighted by Gasteiger charge is -2.49. The van der Waals surface area contributed by atoms with Crippen LogP contribution in [-0.2, 0) is 4.74 Å². The van der Waals surface area contributed by atoms with Crippen LogP contribution in [0, 0.1) is 0 Å². The van der Waals surface area contributed by atoms with Crippen LogP contribution in [0.15, 0.2) is 18.2 Å². The number of aliphatic hydroxyl groups is 1. The Balaban J connectivity index is 1.93. The third-order valence-electron chi connectivity index (χ3n) is 4.43. The summed E-state index contributed by atoms with van der Waals surface area (Å²) in [4.78, 5) is 2.27. The van der Waals surface area contributed by atoms with Crippen molar-refractivity contribution in [3.63, 3.8) is 0 Å². The lowest BCUT2D eigenvalue weighted by atomic mass is 9.84. The summed E-state index contributed by atoms with van der Waals surface area (Å²) < 4.78 is 17.2. The first kappa shape index (κ1) is 15.6. The van der Waals surface area contributed by atoms with E-state index in [-0.39, 0.29) is 6.04 Å². The second kappa shape index (κ2) is 6.07. The predicted molar refractivity (Wildman–Crippen MR) is 83.5 cm³/mol. The molecule has 5 heteroatoms. The van der Waals surface area contributed by atoms with E-state index in [4.69, 9.17) is 14.2 Å². The zero-order chi connectivity index (χ0) is 15.7. The Kier molecular flexibility index (Phi) is 4.30. The van der Waals surface area contributed by atoms with Crippen molar-refractivity contribution in [2.75, 3.05) is 32.9 Å². The van der Waals surface area contributed by atoms with E-state index in [0.29, 0.717) is 19.8 Å². The van der Waals surface area contributed by atoms with Crippen LogP contribution < -0.4 is 9.47 Å². The summed E-state index contributed by atoms with van der Waals surface area (Å²) in [5, 5.41) is 11.0. The number of hydrogen-bond acceptors (Lipinski definition) is 5. The van der Waals surface area contributed by atoms with E-state index < -0.39 is 11.7 Å². The molecule has 0 aromatic heterocycles. The second-order valence-corrected chi connectivity index (χ2v) is 6.38. The fourth-order valence-corrected chi connectivity index (χ4v) is 3.50. The van der Waals surface area contributed by atoms with Gasteiger partial charge in [-0.2, -0.15) is 0 Å². The van der Waals surface area contributed by atoms with E-state index in [1.54, 1.807) is 0 Å². The molecule has 2 atom stereocenters. The number of morpholine rings is 1. The lowest BCUT2D eigenvalue weighted by molar-refractivity contribution is -0.107. The molecule has 122 valence electrons. The smallest absolute Gasteiger partial charge is 0.126 e. The molecule has 0 spiro atoms. The molecule has 22 heavy (non-hydrogen) atoms. The molecule has 2 aliphatic rings. The monoisotopic (exact) mass is 307 g/mol. The van der Waals surface area contributed by atoms with Crippen LogP contribution in [0.3, 0.4) is 0 Å². The topological polar surface area (TPSA) is 51.2 Å². The Bertz CT molecular complexity index is 525. The largest absolute Gasteiger partial charge is 0.494 e. The first-order chi connectivity index (χ1) is 10.5. The molecule has 1 saturated heterocycles. The molecule has 2 heterocycles. The molecule has 3 rings (SSSR count). The van der Waals surface area contributed by atoms with E-state index in [1.807, 2.05) is 39.0 Å². The zero-order valence-electron chi connectivity index (χ0n) is 13.5. The number of ether oxygens (including phenoxy) is 3. The number of aliphatic hydroxyl groups excluding tert-OH is 1. The first-order valence-electron chi connectivity index (χ1n) is 7.98. The second-order valence-electron chi connectivity index (χ2n) is 6.38. The highest BCUT2D eigenvalue weighted by Gasteiger charge is 2.46. The van der Waals surface area contributed by atoms with Crippen molar-refractivity contribution in [1.82, 2.24) is 4.90 Å². The van der Waals surface area contributed by atoms with Gasteiger partial charge in [0.25, 0.3) is 0 Å². The highest BCUT2D eigenvalue weighted by atomic mass is 16.5. The van der Waals surface area contributed by atoms with Gasteiger partial charge in [-0.25, -0.2) is 0 Å². The minimum atomic E-state index is -0.600. The van der Waals surface area contributed by atoms with E-state index in [2.05, 4.69) is 4.90 Å². The van der Waals surface area contributed by atoms with Crippen LogP contribution in [0.1, 0.15) is 32.4 Å². The average molecular weight is 307 g/mol. The first-order valence-corrected chi connectivity index (χ1v) is 7.98. The Hall–Kier alpha value is -1.30. The summed E-state index contributed by atoms with van der Waals surface area (Å²) in [6, 6.07) is 5.58. The van der Waals surface area contributed by atoms with Gasteiger partial charge < -0.3 is 19.3 Å². The van der Waals surface area contributed by atoms with Gasteiger partial charge in [-0.15, -0.1) is 0 Å². The molecule has 1 aromatic carbocycles. The zero-order valence-corrected chi connectivity index (χ0v) is 13.5. The molecule has 0 bridgehead atoms. The SMILES string of the molecule is CCOc1ccc2c(c1)C(O)C(N1CCOCC1)C(C)(C)O2. The molecule has 0 aliphatic carbocycles. The Morgan fingerprint density at radius 3 is 2.73 bits per heavy atom. The maximum Gasteiger partial charge on any atom is 0.126 e. The van der Waals surface area contributed by atoms with E-state index in [1.165, 1.54) is 0 Å². The Morgan fingerprint density at radius 2 is 2.05 bits per heavy atom. The fraction of sp³-hybridized carbons (Fsp3) is 0.647. The third kappa shape index (κ3) is 2.81. The Morgan fingerprint density at radius 1 is 1.32 bits per heavy atom. The molecule has 1 aromatic rings. The number of rotatable bonds is 3. The molecule has 1 N–H and O–H groups in total. The van der Waals surface area contributed by atoms with Crippen LogP contribution in [0.2, 0.25) is 0 Å². The normalized spacial score (nSPS) is 27.8. The highest BCUT2D eigenvalue weighted by molar-refractivity contribution is 5.44. The van der Waals surface area contributed by atoms with Crippen LogP contribution in [0.5, 0.6) is 11.5 Å². The van der Waals surface area contributed by atoms with Gasteiger partial charge in [0.15, 0.2) is 0 Å². The highest BCUT2D eigenvalue weighted by Crippen LogP contribution is 2.43. The molecule has 2 aliphatic heterocycles. The molecule has 1 fully saturated rings. The minimum Gasteiger partial charge on any atom is -0.494 e. The van der Waals surface area contributed by atoms with Crippen LogP contribution in [0.25, 0.3) is 0 Å². The molecular weight excluding hydrogens is 282 g/mol. The quantitative estimate of drug-likeness (QED) is 0.925. The summed E-state index contributed by atoms with van der Waals surface area (Å²) >= 11 is 0. The summed E-state index contributed by atoms with van der Waals surface area (Å²) in [5.41, 5.74) is 0.346. The maximum atomic E-state index is 11.0. The van der Waals surface area contributed by atoms with Crippen molar-refractivity contribution in [1.29, 1.82) is 0 Å². The van der Waals surface area contributed by atoms with Gasteiger partial charge in [-0.1, -0.05) is 0 Å². The average Bonchev–Trinajstić information content (AvgIpc) is 2.49. The van der Waals surface area contributed by atoms with Crippen LogP contribution in [-0.4, -0.2) is 54.6 Å². The van der Waals surface area contributed by atoms with Gasteiger partial charge in [0.1, 0.15) is 23.2 Å². The standard InChI is InChI=1S/C17H25NO4/c1-4-21-12-5-6-14-13(11-12)15(19)16(17(2,3)22-14)18-7-9-20-10-8-18/h5-6,11,15-16,19H,4,7-10H2,1-3H3. The molecular formula is C17H25NO4. The maximum absolute atomic E-state index is 11.0. The molecule has 2 unspecified atom stereocenters. The van der Waals surface area contributed by atoms with Crippen molar-refractivity contribution in [2.24, 2.45) is 0 Å². The fourth-order valence-electron chi connectivity index (χ4n) is 3.50. The summed E-state index contributed by atoms with van der Waals surface area (Å²) in [5.74, 6) is 1.51. The van der Waals surface area contributed by atoms with E-state index >= 15 is 0 Å². The van der Waals surface area contributed by atoms with Crippen molar-refractivity contribution >= 4 is 0 Å². The van der Waals surface area contributed by atoms with Crippen LogP contribution in [0.4, 0.5) is 0 Å². The molecule has 0 saturated carbocycles. The van der Waals surface area contributed by atoms with Gasteiger partial charge >= 0.3 is 0 Å². The van der Waals surface area contributed by atoms with Crippen molar-refractivity contribution in [3.8, 4) is 11.5 Å². The summed E-state index contributed by atoms with van der Waals surface area (Å²) in [6.07, 6.45) is -0.600. The number of fused-ring (bicyclic) bond motifs is 1. The van der Waals surface area contributed by atoms with Crippen molar-refractivity contribution < 1.29 is 19.3 Å². The number of nitrogens with zero attached hydrogens (tertiary/aromatic N) is 1. The Labute approximate surface area is 131 Å². The molecule has 0 radical (unpaired) electrons. The number of hydrogen-bond donors (Lipinski definition) is 1. The lowest BCUT2D eigenvalue weighted by Crippen LogP contribution is -2.60. The van der Waals surface area contributed by atoms with Gasteiger partial charge in [0.2, 0.25) is 0 Å². The van der Waals surface area contributed by atoms with Crippen molar-refractivity contribution in [2.45, 2.75) is 38.5 Å².